The Morgan fingerprint density at radius 2 is 2.19 bits per heavy atom. The predicted octanol–water partition coefficient (Wildman–Crippen LogP) is 3.11. The van der Waals surface area contributed by atoms with E-state index < -0.39 is 12.0 Å². The summed E-state index contributed by atoms with van der Waals surface area (Å²) in [5.74, 6) is -0.849. The van der Waals surface area contributed by atoms with Gasteiger partial charge in [0.2, 0.25) is 0 Å². The van der Waals surface area contributed by atoms with Crippen LogP contribution < -0.4 is 0 Å². The Kier molecular flexibility index (Phi) is 4.45. The molecule has 0 aliphatic heterocycles. The van der Waals surface area contributed by atoms with E-state index in [0.29, 0.717) is 12.0 Å². The third kappa shape index (κ3) is 2.80. The molecule has 1 rings (SSSR count). The van der Waals surface area contributed by atoms with Crippen LogP contribution in [0.4, 0.5) is 4.39 Å². The number of nitriles is 1. The molecule has 0 heterocycles. The maximum Gasteiger partial charge on any atom is 0.123 e. The van der Waals surface area contributed by atoms with Crippen LogP contribution in [-0.2, 0) is 0 Å². The lowest BCUT2D eigenvalue weighted by molar-refractivity contribution is 0.129. The smallest absolute Gasteiger partial charge is 0.123 e. The van der Waals surface area contributed by atoms with Crippen LogP contribution in [0.1, 0.15) is 37.0 Å². The van der Waals surface area contributed by atoms with Crippen molar-refractivity contribution in [1.82, 2.24) is 0 Å². The molecule has 1 aromatic carbocycles. The van der Waals surface area contributed by atoms with Crippen molar-refractivity contribution in [3.05, 3.63) is 35.1 Å². The molecule has 0 aromatic heterocycles. The van der Waals surface area contributed by atoms with Crippen molar-refractivity contribution in [1.29, 1.82) is 5.26 Å². The van der Waals surface area contributed by atoms with Gasteiger partial charge in [0.05, 0.1) is 18.1 Å². The topological polar surface area (TPSA) is 44.0 Å². The van der Waals surface area contributed by atoms with Crippen LogP contribution in [0.5, 0.6) is 0 Å². The van der Waals surface area contributed by atoms with E-state index in [4.69, 9.17) is 5.26 Å². The van der Waals surface area contributed by atoms with Gasteiger partial charge in [0.15, 0.2) is 0 Å². The third-order valence-corrected chi connectivity index (χ3v) is 2.71. The maximum absolute atomic E-state index is 13.1. The number of hydrogen-bond acceptors (Lipinski definition) is 2. The van der Waals surface area contributed by atoms with Crippen molar-refractivity contribution in [2.45, 2.75) is 32.8 Å². The first kappa shape index (κ1) is 12.7. The second kappa shape index (κ2) is 5.62. The highest BCUT2D eigenvalue weighted by Gasteiger charge is 2.21. The lowest BCUT2D eigenvalue weighted by Gasteiger charge is -2.18. The Bertz CT molecular complexity index is 397. The monoisotopic (exact) mass is 221 g/mol. The Morgan fingerprint density at radius 3 is 2.75 bits per heavy atom. The Hall–Kier alpha value is -1.40. The summed E-state index contributed by atoms with van der Waals surface area (Å²) in [5.41, 5.74) is 1.32. The van der Waals surface area contributed by atoms with Gasteiger partial charge in [-0.2, -0.15) is 5.26 Å². The number of halogens is 1. The molecule has 0 aliphatic carbocycles. The summed E-state index contributed by atoms with van der Waals surface area (Å²) in [7, 11) is 0. The molecule has 86 valence electrons. The maximum atomic E-state index is 13.1. The molecule has 2 atom stereocenters. The second-order valence-electron chi connectivity index (χ2n) is 3.97. The molecule has 3 heteroatoms. The van der Waals surface area contributed by atoms with Crippen LogP contribution in [0, 0.1) is 30.0 Å². The molecule has 0 spiro atoms. The summed E-state index contributed by atoms with van der Waals surface area (Å²) < 4.78 is 13.1. The van der Waals surface area contributed by atoms with Crippen LogP contribution in [-0.4, -0.2) is 5.11 Å². The average Bonchev–Trinajstić information content (AvgIpc) is 2.28. The van der Waals surface area contributed by atoms with Crippen LogP contribution in [0.3, 0.4) is 0 Å². The summed E-state index contributed by atoms with van der Waals surface area (Å²) in [6.07, 6.45) is 0.540. The van der Waals surface area contributed by atoms with Gasteiger partial charge in [-0.25, -0.2) is 4.39 Å². The van der Waals surface area contributed by atoms with E-state index in [9.17, 15) is 9.50 Å². The van der Waals surface area contributed by atoms with E-state index >= 15 is 0 Å². The lowest BCUT2D eigenvalue weighted by atomic mass is 9.91. The number of aryl methyl sites for hydroxylation is 1. The first-order chi connectivity index (χ1) is 7.60. The summed E-state index contributed by atoms with van der Waals surface area (Å²) in [6.45, 7) is 3.76. The fourth-order valence-electron chi connectivity index (χ4n) is 1.75. The zero-order valence-electron chi connectivity index (χ0n) is 9.57. The number of benzene rings is 1. The minimum atomic E-state index is -0.902. The van der Waals surface area contributed by atoms with Crippen LogP contribution in [0.15, 0.2) is 18.2 Å². The predicted molar refractivity (Wildman–Crippen MR) is 60.1 cm³/mol. The van der Waals surface area contributed by atoms with Crippen molar-refractivity contribution in [2.24, 2.45) is 5.92 Å². The fraction of sp³-hybridized carbons (Fsp3) is 0.462. The minimum Gasteiger partial charge on any atom is -0.387 e. The van der Waals surface area contributed by atoms with Crippen LogP contribution in [0.25, 0.3) is 0 Å². The molecule has 2 unspecified atom stereocenters. The Balaban J connectivity index is 2.98. The first-order valence-corrected chi connectivity index (χ1v) is 5.43. The molecule has 2 nitrogen and oxygen atoms in total. The van der Waals surface area contributed by atoms with Crippen molar-refractivity contribution in [3.63, 3.8) is 0 Å². The number of rotatable bonds is 4. The average molecular weight is 221 g/mol. The number of nitrogens with zero attached hydrogens (tertiary/aromatic N) is 1. The van der Waals surface area contributed by atoms with Gasteiger partial charge in [0.1, 0.15) is 5.82 Å². The Morgan fingerprint density at radius 1 is 1.50 bits per heavy atom. The van der Waals surface area contributed by atoms with E-state index in [2.05, 4.69) is 6.07 Å². The van der Waals surface area contributed by atoms with Crippen molar-refractivity contribution >= 4 is 0 Å². The zero-order chi connectivity index (χ0) is 12.1. The molecular formula is C13H16FNO. The van der Waals surface area contributed by atoms with Crippen LogP contribution in [0.2, 0.25) is 0 Å². The summed E-state index contributed by atoms with van der Waals surface area (Å²) >= 11 is 0. The van der Waals surface area contributed by atoms with Gasteiger partial charge in [-0.15, -0.1) is 0 Å². The molecule has 0 fully saturated rings. The lowest BCUT2D eigenvalue weighted by Crippen LogP contribution is -2.12. The van der Waals surface area contributed by atoms with Gasteiger partial charge in [-0.05, 0) is 36.6 Å². The largest absolute Gasteiger partial charge is 0.387 e. The standard InChI is InChI=1S/C13H16FNO/c1-3-4-10(8-15)13(16)12-7-11(14)6-5-9(12)2/h5-7,10,13,16H,3-4H2,1-2H3. The number of aliphatic hydroxyl groups is 1. The van der Waals surface area contributed by atoms with Crippen molar-refractivity contribution in [3.8, 4) is 6.07 Å². The molecule has 0 aliphatic rings. The molecule has 0 radical (unpaired) electrons. The second-order valence-corrected chi connectivity index (χ2v) is 3.97. The summed E-state index contributed by atoms with van der Waals surface area (Å²) in [4.78, 5) is 0. The van der Waals surface area contributed by atoms with E-state index in [0.717, 1.165) is 12.0 Å². The summed E-state index contributed by atoms with van der Waals surface area (Å²) in [5, 5.41) is 19.0. The van der Waals surface area contributed by atoms with E-state index in [1.54, 1.807) is 13.0 Å². The molecular weight excluding hydrogens is 205 g/mol. The normalized spacial score (nSPS) is 14.2. The molecule has 1 aromatic rings. The molecule has 0 amide bonds. The number of hydrogen-bond donors (Lipinski definition) is 1. The first-order valence-electron chi connectivity index (χ1n) is 5.43. The van der Waals surface area contributed by atoms with Crippen LogP contribution >= 0.6 is 0 Å². The van der Waals surface area contributed by atoms with Gasteiger partial charge in [0.25, 0.3) is 0 Å². The van der Waals surface area contributed by atoms with E-state index in [1.165, 1.54) is 12.1 Å². The quantitative estimate of drug-likeness (QED) is 0.849. The van der Waals surface area contributed by atoms with Crippen molar-refractivity contribution in [2.75, 3.05) is 0 Å². The van der Waals surface area contributed by atoms with E-state index in [1.807, 2.05) is 6.92 Å². The highest BCUT2D eigenvalue weighted by Crippen LogP contribution is 2.28. The van der Waals surface area contributed by atoms with Gasteiger partial charge < -0.3 is 5.11 Å². The third-order valence-electron chi connectivity index (χ3n) is 2.71. The minimum absolute atomic E-state index is 0.382. The fourth-order valence-corrected chi connectivity index (χ4v) is 1.75. The zero-order valence-corrected chi connectivity index (χ0v) is 9.57. The van der Waals surface area contributed by atoms with Gasteiger partial charge in [0, 0.05) is 0 Å². The molecule has 1 N–H and O–H groups in total. The molecule has 0 bridgehead atoms. The highest BCUT2D eigenvalue weighted by molar-refractivity contribution is 5.29. The molecule has 16 heavy (non-hydrogen) atoms. The number of aliphatic hydroxyl groups excluding tert-OH is 1. The Labute approximate surface area is 95.3 Å². The molecule has 0 saturated carbocycles. The van der Waals surface area contributed by atoms with Gasteiger partial charge in [-0.1, -0.05) is 19.4 Å². The molecule has 0 saturated heterocycles. The van der Waals surface area contributed by atoms with Crippen molar-refractivity contribution < 1.29 is 9.50 Å². The highest BCUT2D eigenvalue weighted by atomic mass is 19.1. The summed E-state index contributed by atoms with van der Waals surface area (Å²) in [6, 6.07) is 6.35. The van der Waals surface area contributed by atoms with Gasteiger partial charge in [-0.3, -0.25) is 0 Å². The SMILES string of the molecule is CCCC(C#N)C(O)c1cc(F)ccc1C. The van der Waals surface area contributed by atoms with E-state index in [-0.39, 0.29) is 5.82 Å². The van der Waals surface area contributed by atoms with Gasteiger partial charge >= 0.3 is 0 Å².